The van der Waals surface area contributed by atoms with E-state index in [9.17, 15) is 4.79 Å². The first-order chi connectivity index (χ1) is 7.15. The molecule has 0 aliphatic carbocycles. The first kappa shape index (κ1) is 11.6. The van der Waals surface area contributed by atoms with Gasteiger partial charge in [0.2, 0.25) is 5.95 Å². The molecule has 1 aromatic rings. The maximum absolute atomic E-state index is 10.6. The molecular weight excluding hydrogens is 194 g/mol. The Labute approximate surface area is 89.1 Å². The number of nitrogens with zero attached hydrogens (tertiary/aromatic N) is 2. The van der Waals surface area contributed by atoms with Crippen LogP contribution in [0.1, 0.15) is 20.3 Å². The number of hydrogen-bond donors (Lipinski definition) is 2. The van der Waals surface area contributed by atoms with Crippen LogP contribution in [0.4, 0.5) is 5.95 Å². The van der Waals surface area contributed by atoms with Crippen molar-refractivity contribution in [2.24, 2.45) is 5.92 Å². The highest BCUT2D eigenvalue weighted by Crippen LogP contribution is 2.06. The topological polar surface area (TPSA) is 67.2 Å². The largest absolute Gasteiger partial charge is 0.481 e. The van der Waals surface area contributed by atoms with Gasteiger partial charge in [-0.2, -0.15) is 0 Å². The molecule has 1 unspecified atom stereocenters. The fraction of sp³-hybridized carbons (Fsp3) is 0.600. The van der Waals surface area contributed by atoms with E-state index in [1.165, 1.54) is 0 Å². The molecule has 0 saturated carbocycles. The number of carboxylic acids is 1. The summed E-state index contributed by atoms with van der Waals surface area (Å²) in [5.41, 5.74) is 0. The zero-order valence-electron chi connectivity index (χ0n) is 9.10. The van der Waals surface area contributed by atoms with Crippen molar-refractivity contribution in [3.63, 3.8) is 0 Å². The van der Waals surface area contributed by atoms with E-state index in [4.69, 9.17) is 5.11 Å². The summed E-state index contributed by atoms with van der Waals surface area (Å²) in [6.07, 6.45) is 4.22. The van der Waals surface area contributed by atoms with Crippen LogP contribution in [0.2, 0.25) is 0 Å². The van der Waals surface area contributed by atoms with Gasteiger partial charge < -0.3 is 15.0 Å². The molecule has 0 aromatic carbocycles. The number of aliphatic carboxylic acids is 1. The van der Waals surface area contributed by atoms with Gasteiger partial charge in [0.1, 0.15) is 0 Å². The van der Waals surface area contributed by atoms with Gasteiger partial charge in [-0.3, -0.25) is 4.79 Å². The lowest BCUT2D eigenvalue weighted by atomic mass is 10.1. The maximum atomic E-state index is 10.6. The van der Waals surface area contributed by atoms with Crippen molar-refractivity contribution < 1.29 is 9.90 Å². The molecule has 1 rings (SSSR count). The molecule has 15 heavy (non-hydrogen) atoms. The lowest BCUT2D eigenvalue weighted by molar-refractivity contribution is -0.141. The summed E-state index contributed by atoms with van der Waals surface area (Å²) < 4.78 is 1.98. The lowest BCUT2D eigenvalue weighted by Crippen LogP contribution is -2.16. The SMILES string of the molecule is CCn1ccnc1NCCC(C)C(=O)O. The van der Waals surface area contributed by atoms with Crippen molar-refractivity contribution in [1.82, 2.24) is 9.55 Å². The van der Waals surface area contributed by atoms with Gasteiger partial charge in [0.05, 0.1) is 5.92 Å². The minimum atomic E-state index is -0.754. The first-order valence-electron chi connectivity index (χ1n) is 5.13. The van der Waals surface area contributed by atoms with E-state index in [0.29, 0.717) is 13.0 Å². The third-order valence-corrected chi connectivity index (χ3v) is 2.34. The van der Waals surface area contributed by atoms with Crippen LogP contribution in [-0.2, 0) is 11.3 Å². The van der Waals surface area contributed by atoms with E-state index in [1.807, 2.05) is 17.7 Å². The Morgan fingerprint density at radius 2 is 2.47 bits per heavy atom. The molecule has 1 heterocycles. The van der Waals surface area contributed by atoms with Crippen LogP contribution >= 0.6 is 0 Å². The fourth-order valence-electron chi connectivity index (χ4n) is 1.26. The highest BCUT2D eigenvalue weighted by Gasteiger charge is 2.10. The van der Waals surface area contributed by atoms with Gasteiger partial charge >= 0.3 is 5.97 Å². The average molecular weight is 211 g/mol. The summed E-state index contributed by atoms with van der Waals surface area (Å²) in [6.45, 7) is 5.23. The Hall–Kier alpha value is -1.52. The van der Waals surface area contributed by atoms with Crippen LogP contribution in [-0.4, -0.2) is 27.2 Å². The summed E-state index contributed by atoms with van der Waals surface area (Å²) in [4.78, 5) is 14.7. The number of aryl methyl sites for hydroxylation is 1. The van der Waals surface area contributed by atoms with Crippen molar-refractivity contribution in [1.29, 1.82) is 0 Å². The molecule has 0 amide bonds. The Morgan fingerprint density at radius 3 is 3.07 bits per heavy atom. The number of aromatic nitrogens is 2. The van der Waals surface area contributed by atoms with Crippen molar-refractivity contribution >= 4 is 11.9 Å². The molecular formula is C10H17N3O2. The van der Waals surface area contributed by atoms with Gasteiger partial charge in [-0.1, -0.05) is 6.92 Å². The molecule has 0 spiro atoms. The van der Waals surface area contributed by atoms with Crippen LogP contribution in [0.5, 0.6) is 0 Å². The van der Waals surface area contributed by atoms with E-state index >= 15 is 0 Å². The molecule has 5 heteroatoms. The van der Waals surface area contributed by atoms with E-state index in [1.54, 1.807) is 13.1 Å². The third kappa shape index (κ3) is 3.27. The standard InChI is InChI=1S/C10H17N3O2/c1-3-13-7-6-12-10(13)11-5-4-8(2)9(14)15/h6-8H,3-5H2,1-2H3,(H,11,12)(H,14,15). The molecule has 5 nitrogen and oxygen atoms in total. The number of carboxylic acid groups (broad SMARTS) is 1. The Bertz CT molecular complexity index is 322. The van der Waals surface area contributed by atoms with Gasteiger partial charge in [0.25, 0.3) is 0 Å². The van der Waals surface area contributed by atoms with Crippen LogP contribution in [0.25, 0.3) is 0 Å². The van der Waals surface area contributed by atoms with Crippen molar-refractivity contribution in [3.05, 3.63) is 12.4 Å². The third-order valence-electron chi connectivity index (χ3n) is 2.34. The summed E-state index contributed by atoms with van der Waals surface area (Å²) in [6, 6.07) is 0. The Morgan fingerprint density at radius 1 is 1.73 bits per heavy atom. The predicted molar refractivity (Wildman–Crippen MR) is 57.8 cm³/mol. The lowest BCUT2D eigenvalue weighted by Gasteiger charge is -2.09. The summed E-state index contributed by atoms with van der Waals surface area (Å²) in [5.74, 6) is -0.270. The molecule has 2 N–H and O–H groups in total. The number of nitrogens with one attached hydrogen (secondary N) is 1. The summed E-state index contributed by atoms with van der Waals surface area (Å²) in [5, 5.41) is 11.8. The second kappa shape index (κ2) is 5.38. The highest BCUT2D eigenvalue weighted by atomic mass is 16.4. The van der Waals surface area contributed by atoms with Crippen LogP contribution < -0.4 is 5.32 Å². The molecule has 1 aromatic heterocycles. The van der Waals surface area contributed by atoms with Crippen molar-refractivity contribution in [3.8, 4) is 0 Å². The first-order valence-corrected chi connectivity index (χ1v) is 5.13. The summed E-state index contributed by atoms with van der Waals surface area (Å²) >= 11 is 0. The number of rotatable bonds is 6. The van der Waals surface area contributed by atoms with Crippen molar-refractivity contribution in [2.45, 2.75) is 26.8 Å². The van der Waals surface area contributed by atoms with Gasteiger partial charge in [0.15, 0.2) is 0 Å². The Balaban J connectivity index is 2.34. The summed E-state index contributed by atoms with van der Waals surface area (Å²) in [7, 11) is 0. The van der Waals surface area contributed by atoms with E-state index < -0.39 is 5.97 Å². The number of anilines is 1. The highest BCUT2D eigenvalue weighted by molar-refractivity contribution is 5.69. The van der Waals surface area contributed by atoms with Crippen LogP contribution in [0.3, 0.4) is 0 Å². The zero-order chi connectivity index (χ0) is 11.3. The normalized spacial score (nSPS) is 12.4. The number of carbonyl (C=O) groups is 1. The monoisotopic (exact) mass is 211 g/mol. The molecule has 0 fully saturated rings. The van der Waals surface area contributed by atoms with Gasteiger partial charge in [0, 0.05) is 25.5 Å². The van der Waals surface area contributed by atoms with E-state index in [-0.39, 0.29) is 5.92 Å². The molecule has 84 valence electrons. The molecule has 0 saturated heterocycles. The second-order valence-corrected chi connectivity index (χ2v) is 3.49. The molecule has 0 aliphatic rings. The average Bonchev–Trinajstić information content (AvgIpc) is 2.65. The minimum absolute atomic E-state index is 0.317. The van der Waals surface area contributed by atoms with Crippen molar-refractivity contribution in [2.75, 3.05) is 11.9 Å². The van der Waals surface area contributed by atoms with Crippen LogP contribution in [0, 0.1) is 5.92 Å². The van der Waals surface area contributed by atoms with E-state index in [0.717, 1.165) is 12.5 Å². The molecule has 0 aliphatic heterocycles. The Kier molecular flexibility index (Phi) is 4.15. The smallest absolute Gasteiger partial charge is 0.306 e. The fourth-order valence-corrected chi connectivity index (χ4v) is 1.26. The molecule has 0 radical (unpaired) electrons. The minimum Gasteiger partial charge on any atom is -0.481 e. The van der Waals surface area contributed by atoms with Gasteiger partial charge in [-0.05, 0) is 13.3 Å². The quantitative estimate of drug-likeness (QED) is 0.747. The number of hydrogen-bond acceptors (Lipinski definition) is 3. The van der Waals surface area contributed by atoms with Crippen LogP contribution in [0.15, 0.2) is 12.4 Å². The van der Waals surface area contributed by atoms with E-state index in [2.05, 4.69) is 10.3 Å². The predicted octanol–water partition coefficient (Wildman–Crippen LogP) is 1.43. The zero-order valence-corrected chi connectivity index (χ0v) is 9.10. The molecule has 0 bridgehead atoms. The maximum Gasteiger partial charge on any atom is 0.306 e. The van der Waals surface area contributed by atoms with Gasteiger partial charge in [-0.25, -0.2) is 4.98 Å². The number of imidazole rings is 1. The molecule has 1 atom stereocenters. The van der Waals surface area contributed by atoms with Gasteiger partial charge in [-0.15, -0.1) is 0 Å². The second-order valence-electron chi connectivity index (χ2n) is 3.49.